The number of hydrogen-bond donors (Lipinski definition) is 2. The third kappa shape index (κ3) is 7.38. The van der Waals surface area contributed by atoms with Gasteiger partial charge in [-0.15, -0.1) is 10.2 Å². The summed E-state index contributed by atoms with van der Waals surface area (Å²) in [5, 5.41) is 15.0. The third-order valence-corrected chi connectivity index (χ3v) is 6.79. The fraction of sp³-hybridized carbons (Fsp3) is 0.222. The van der Waals surface area contributed by atoms with Crippen LogP contribution in [0.4, 0.5) is 0 Å². The standard InChI is InChI=1S/C18H18N6O4S3/c1-11(15(25)21-19-9-13-5-3-7-27-13)29-17-23-24-18(31-17)30-12(2)16(26)22-20-10-14-6-4-8-28-14/h3-12H,1-2H3,(H,21,25)(H,22,26)/b19-9-,20-10-/t11-,12-/m0/s1. The molecule has 3 aromatic heterocycles. The molecule has 2 N–H and O–H groups in total. The van der Waals surface area contributed by atoms with Gasteiger partial charge in [-0.05, 0) is 38.1 Å². The van der Waals surface area contributed by atoms with Gasteiger partial charge in [0.05, 0.1) is 35.5 Å². The van der Waals surface area contributed by atoms with Crippen LogP contribution in [-0.2, 0) is 9.59 Å². The number of nitrogens with zero attached hydrogens (tertiary/aromatic N) is 4. The van der Waals surface area contributed by atoms with E-state index in [0.717, 1.165) is 0 Å². The van der Waals surface area contributed by atoms with Gasteiger partial charge in [0.15, 0.2) is 8.68 Å². The summed E-state index contributed by atoms with van der Waals surface area (Å²) in [6.07, 6.45) is 5.87. The number of rotatable bonds is 10. The predicted octanol–water partition coefficient (Wildman–Crippen LogP) is 2.99. The summed E-state index contributed by atoms with van der Waals surface area (Å²) in [6, 6.07) is 6.90. The van der Waals surface area contributed by atoms with E-state index in [1.165, 1.54) is 59.8 Å². The average Bonchev–Trinajstić information content (AvgIpc) is 3.51. The molecule has 0 unspecified atom stereocenters. The van der Waals surface area contributed by atoms with Crippen molar-refractivity contribution < 1.29 is 18.4 Å². The van der Waals surface area contributed by atoms with Gasteiger partial charge in [-0.3, -0.25) is 9.59 Å². The van der Waals surface area contributed by atoms with Gasteiger partial charge < -0.3 is 8.83 Å². The van der Waals surface area contributed by atoms with Crippen molar-refractivity contribution in [2.45, 2.75) is 33.0 Å². The maximum absolute atomic E-state index is 12.1. The van der Waals surface area contributed by atoms with Crippen LogP contribution in [0.1, 0.15) is 25.4 Å². The van der Waals surface area contributed by atoms with E-state index in [0.29, 0.717) is 20.2 Å². The minimum Gasteiger partial charge on any atom is -0.463 e. The lowest BCUT2D eigenvalue weighted by molar-refractivity contribution is -0.121. The number of aromatic nitrogens is 2. The van der Waals surface area contributed by atoms with Crippen molar-refractivity contribution >= 4 is 59.1 Å². The molecule has 3 aromatic rings. The first kappa shape index (κ1) is 22.8. The Hall–Kier alpha value is -2.90. The second-order valence-electron chi connectivity index (χ2n) is 5.85. The number of carbonyl (C=O) groups is 2. The summed E-state index contributed by atoms with van der Waals surface area (Å²) in [5.41, 5.74) is 4.90. The SMILES string of the molecule is C[C@H](Sc1nnc(S[C@@H](C)C(=O)N/N=C\c2ccco2)s1)C(=O)N/N=C\c1ccco1. The fourth-order valence-electron chi connectivity index (χ4n) is 1.93. The minimum absolute atomic E-state index is 0.278. The smallest absolute Gasteiger partial charge is 0.253 e. The summed E-state index contributed by atoms with van der Waals surface area (Å²) >= 11 is 3.82. The lowest BCUT2D eigenvalue weighted by atomic mass is 10.5. The molecule has 0 aliphatic rings. The first-order valence-corrected chi connectivity index (χ1v) is 11.5. The number of nitrogens with one attached hydrogen (secondary N) is 2. The molecule has 0 radical (unpaired) electrons. The van der Waals surface area contributed by atoms with Gasteiger partial charge >= 0.3 is 0 Å². The van der Waals surface area contributed by atoms with Gasteiger partial charge in [0.1, 0.15) is 11.5 Å². The molecule has 162 valence electrons. The van der Waals surface area contributed by atoms with Gasteiger partial charge in [0, 0.05) is 0 Å². The Morgan fingerprint density at radius 2 is 1.39 bits per heavy atom. The predicted molar refractivity (Wildman–Crippen MR) is 119 cm³/mol. The van der Waals surface area contributed by atoms with Crippen LogP contribution in [0, 0.1) is 0 Å². The van der Waals surface area contributed by atoms with Gasteiger partial charge in [-0.2, -0.15) is 10.2 Å². The maximum atomic E-state index is 12.1. The molecule has 0 saturated heterocycles. The number of carbonyl (C=O) groups excluding carboxylic acids is 2. The zero-order chi connectivity index (χ0) is 22.1. The van der Waals surface area contributed by atoms with Gasteiger partial charge in [0.2, 0.25) is 0 Å². The van der Waals surface area contributed by atoms with Crippen molar-refractivity contribution in [3.05, 3.63) is 48.3 Å². The molecule has 2 amide bonds. The molecule has 31 heavy (non-hydrogen) atoms. The Balaban J connectivity index is 1.43. The van der Waals surface area contributed by atoms with E-state index in [1.807, 2.05) is 0 Å². The summed E-state index contributed by atoms with van der Waals surface area (Å²) in [7, 11) is 0. The van der Waals surface area contributed by atoms with Crippen LogP contribution in [0.5, 0.6) is 0 Å². The Morgan fingerprint density at radius 1 is 0.935 bits per heavy atom. The van der Waals surface area contributed by atoms with Crippen molar-refractivity contribution in [2.75, 3.05) is 0 Å². The molecule has 0 spiro atoms. The van der Waals surface area contributed by atoms with Crippen molar-refractivity contribution in [3.63, 3.8) is 0 Å². The van der Waals surface area contributed by atoms with E-state index in [1.54, 1.807) is 38.1 Å². The number of amides is 2. The van der Waals surface area contributed by atoms with Crippen LogP contribution in [-0.4, -0.2) is 44.9 Å². The second-order valence-corrected chi connectivity index (χ2v) is 10.0. The normalized spacial score (nSPS) is 13.5. The van der Waals surface area contributed by atoms with Crippen LogP contribution in [0.3, 0.4) is 0 Å². The molecular formula is C18H18N6O4S3. The van der Waals surface area contributed by atoms with Gasteiger partial charge in [0.25, 0.3) is 11.8 Å². The highest BCUT2D eigenvalue weighted by Crippen LogP contribution is 2.33. The highest BCUT2D eigenvalue weighted by molar-refractivity contribution is 8.04. The van der Waals surface area contributed by atoms with Crippen LogP contribution >= 0.6 is 34.9 Å². The summed E-state index contributed by atoms with van der Waals surface area (Å²) < 4.78 is 11.4. The Kier molecular flexibility index (Phi) is 8.44. The van der Waals surface area contributed by atoms with Crippen molar-refractivity contribution in [1.29, 1.82) is 0 Å². The van der Waals surface area contributed by atoms with Crippen molar-refractivity contribution in [3.8, 4) is 0 Å². The molecule has 0 fully saturated rings. The maximum Gasteiger partial charge on any atom is 0.253 e. The van der Waals surface area contributed by atoms with Gasteiger partial charge in [-0.25, -0.2) is 10.9 Å². The molecule has 0 aliphatic carbocycles. The topological polar surface area (TPSA) is 135 Å². The third-order valence-electron chi connectivity index (χ3n) is 3.50. The first-order valence-electron chi connectivity index (χ1n) is 8.91. The lowest BCUT2D eigenvalue weighted by Gasteiger charge is -2.06. The molecular weight excluding hydrogens is 460 g/mol. The molecule has 0 aromatic carbocycles. The van der Waals surface area contributed by atoms with Crippen molar-refractivity contribution in [2.24, 2.45) is 10.2 Å². The molecule has 3 rings (SSSR count). The molecule has 10 nitrogen and oxygen atoms in total. The van der Waals surface area contributed by atoms with E-state index in [9.17, 15) is 9.59 Å². The number of thioether (sulfide) groups is 2. The van der Waals surface area contributed by atoms with E-state index in [2.05, 4.69) is 31.3 Å². The van der Waals surface area contributed by atoms with Crippen molar-refractivity contribution in [1.82, 2.24) is 21.0 Å². The highest BCUT2D eigenvalue weighted by Gasteiger charge is 2.20. The zero-order valence-corrected chi connectivity index (χ0v) is 18.9. The second kappa shape index (κ2) is 11.5. The zero-order valence-electron chi connectivity index (χ0n) is 16.4. The number of furan rings is 2. The largest absolute Gasteiger partial charge is 0.463 e. The van der Waals surface area contributed by atoms with Gasteiger partial charge in [-0.1, -0.05) is 34.9 Å². The molecule has 0 saturated carbocycles. The molecule has 3 heterocycles. The monoisotopic (exact) mass is 478 g/mol. The van der Waals surface area contributed by atoms with Crippen LogP contribution in [0.15, 0.2) is 64.5 Å². The summed E-state index contributed by atoms with van der Waals surface area (Å²) in [4.78, 5) is 24.3. The van der Waals surface area contributed by atoms with Crippen LogP contribution in [0.2, 0.25) is 0 Å². The van der Waals surface area contributed by atoms with E-state index < -0.39 is 10.5 Å². The fourth-order valence-corrected chi connectivity index (χ4v) is 5.23. The highest BCUT2D eigenvalue weighted by atomic mass is 32.2. The minimum atomic E-state index is -0.434. The Bertz CT molecular complexity index is 952. The van der Waals surface area contributed by atoms with Crippen LogP contribution in [0.25, 0.3) is 0 Å². The number of hydrazone groups is 2. The summed E-state index contributed by atoms with van der Waals surface area (Å²) in [5.74, 6) is 0.520. The lowest BCUT2D eigenvalue weighted by Crippen LogP contribution is -2.26. The molecule has 2 atom stereocenters. The quantitative estimate of drug-likeness (QED) is 0.258. The first-order chi connectivity index (χ1) is 15.0. The Morgan fingerprint density at radius 3 is 1.77 bits per heavy atom. The number of hydrogen-bond acceptors (Lipinski definition) is 11. The Labute approximate surface area is 190 Å². The van der Waals surface area contributed by atoms with Crippen LogP contribution < -0.4 is 10.9 Å². The molecule has 0 aliphatic heterocycles. The molecule has 0 bridgehead atoms. The van der Waals surface area contributed by atoms with E-state index in [4.69, 9.17) is 8.83 Å². The molecule has 13 heteroatoms. The van der Waals surface area contributed by atoms with E-state index in [-0.39, 0.29) is 11.8 Å². The average molecular weight is 479 g/mol. The van der Waals surface area contributed by atoms with E-state index >= 15 is 0 Å². The summed E-state index contributed by atoms with van der Waals surface area (Å²) in [6.45, 7) is 3.48.